The van der Waals surface area contributed by atoms with Gasteiger partial charge in [-0.15, -0.1) is 6.58 Å². The van der Waals surface area contributed by atoms with E-state index in [-0.39, 0.29) is 18.6 Å². The molecule has 3 aromatic carbocycles. The molecule has 7 heteroatoms. The third-order valence-corrected chi connectivity index (χ3v) is 6.94. The lowest BCUT2D eigenvalue weighted by Gasteiger charge is -2.27. The van der Waals surface area contributed by atoms with Crippen molar-refractivity contribution in [2.45, 2.75) is 56.1 Å². The van der Waals surface area contributed by atoms with Crippen LogP contribution < -0.4 is 11.1 Å². The first-order valence-electron chi connectivity index (χ1n) is 13.5. The van der Waals surface area contributed by atoms with Crippen molar-refractivity contribution in [3.8, 4) is 5.75 Å². The fraction of sp³-hybridized carbons (Fsp3) is 0.303. The van der Waals surface area contributed by atoms with Gasteiger partial charge in [0.05, 0.1) is 30.3 Å². The topological polar surface area (TPSA) is 136 Å². The van der Waals surface area contributed by atoms with E-state index >= 15 is 0 Å². The summed E-state index contributed by atoms with van der Waals surface area (Å²) in [5.41, 5.74) is 8.89. The summed E-state index contributed by atoms with van der Waals surface area (Å²) in [6.07, 6.45) is 2.86. The quantitative estimate of drug-likeness (QED) is 0.163. The maximum Gasteiger partial charge on any atom is 0.226 e. The molecular formula is C33H40N2O5. The SMILES string of the molecule is C=C[C@@H](O)[C@H](Cc1ccccc1)NC(=O)[C@H](Cc1ccccc1)[C@H](O)/C=C/C[C@H](O)[C@@H](N)Cc1ccc(O)cc1. The highest BCUT2D eigenvalue weighted by Crippen LogP contribution is 2.18. The van der Waals surface area contributed by atoms with E-state index in [1.54, 1.807) is 30.3 Å². The fourth-order valence-electron chi connectivity index (χ4n) is 4.52. The van der Waals surface area contributed by atoms with Crippen molar-refractivity contribution >= 4 is 5.91 Å². The number of hydrogen-bond acceptors (Lipinski definition) is 6. The molecule has 0 saturated carbocycles. The molecular weight excluding hydrogens is 504 g/mol. The van der Waals surface area contributed by atoms with E-state index in [0.717, 1.165) is 16.7 Å². The van der Waals surface area contributed by atoms with Gasteiger partial charge in [0.1, 0.15) is 5.75 Å². The zero-order valence-electron chi connectivity index (χ0n) is 22.6. The third kappa shape index (κ3) is 9.77. The van der Waals surface area contributed by atoms with Crippen molar-refractivity contribution in [3.63, 3.8) is 0 Å². The second-order valence-corrected chi connectivity index (χ2v) is 10.1. The summed E-state index contributed by atoms with van der Waals surface area (Å²) in [6, 6.07) is 24.4. The zero-order valence-corrected chi connectivity index (χ0v) is 22.6. The molecule has 40 heavy (non-hydrogen) atoms. The Morgan fingerprint density at radius 1 is 0.800 bits per heavy atom. The summed E-state index contributed by atoms with van der Waals surface area (Å²) in [5, 5.41) is 44.6. The van der Waals surface area contributed by atoms with E-state index in [0.29, 0.717) is 12.8 Å². The van der Waals surface area contributed by atoms with Gasteiger partial charge in [-0.05, 0) is 54.5 Å². The van der Waals surface area contributed by atoms with Gasteiger partial charge in [-0.2, -0.15) is 0 Å². The van der Waals surface area contributed by atoms with Crippen molar-refractivity contribution < 1.29 is 25.2 Å². The Bertz CT molecular complexity index is 1200. The Kier molecular flexibility index (Phi) is 12.1. The normalized spacial score (nSPS) is 16.0. The first-order chi connectivity index (χ1) is 19.3. The maximum atomic E-state index is 13.5. The van der Waals surface area contributed by atoms with Crippen LogP contribution in [0.25, 0.3) is 0 Å². The molecule has 7 nitrogen and oxygen atoms in total. The number of amides is 1. The molecule has 0 unspecified atom stereocenters. The van der Waals surface area contributed by atoms with E-state index in [1.165, 1.54) is 12.2 Å². The number of phenols is 1. The van der Waals surface area contributed by atoms with Crippen molar-refractivity contribution in [2.24, 2.45) is 11.7 Å². The Balaban J connectivity index is 1.68. The molecule has 0 aliphatic heterocycles. The number of nitrogens with one attached hydrogen (secondary N) is 1. The smallest absolute Gasteiger partial charge is 0.226 e. The first-order valence-corrected chi connectivity index (χ1v) is 13.5. The molecule has 0 aliphatic carbocycles. The summed E-state index contributed by atoms with van der Waals surface area (Å²) in [6.45, 7) is 3.67. The summed E-state index contributed by atoms with van der Waals surface area (Å²) in [5.74, 6) is -1.07. The lowest BCUT2D eigenvalue weighted by Crippen LogP contribution is -2.48. The summed E-state index contributed by atoms with van der Waals surface area (Å²) >= 11 is 0. The molecule has 6 atom stereocenters. The van der Waals surface area contributed by atoms with Gasteiger partial charge >= 0.3 is 0 Å². The van der Waals surface area contributed by atoms with Gasteiger partial charge in [0, 0.05) is 6.04 Å². The number of rotatable bonds is 15. The van der Waals surface area contributed by atoms with Crippen LogP contribution in [0.4, 0.5) is 0 Å². The molecule has 0 heterocycles. The number of aromatic hydroxyl groups is 1. The Labute approximate surface area is 236 Å². The second kappa shape index (κ2) is 15.7. The van der Waals surface area contributed by atoms with Crippen LogP contribution in [0.3, 0.4) is 0 Å². The molecule has 0 aliphatic rings. The Hall–Kier alpha value is -3.75. The standard InChI is InChI=1S/C33H40N2O5/c1-2-30(37)29(22-24-12-7-4-8-13-24)35-33(40)27(20-23-10-5-3-6-11-23)31(38)14-9-15-32(39)28(34)21-25-16-18-26(36)19-17-25/h2-14,16-19,27-32,36-39H,1,15,20-22,34H2,(H,35,40)/b14-9+/t27-,28+,29+,30-,31-,32+/m1/s1. The number of aliphatic hydroxyl groups excluding tert-OH is 3. The predicted molar refractivity (Wildman–Crippen MR) is 157 cm³/mol. The first kappa shape index (κ1) is 30.8. The van der Waals surface area contributed by atoms with Crippen LogP contribution in [0.5, 0.6) is 5.75 Å². The summed E-state index contributed by atoms with van der Waals surface area (Å²) in [4.78, 5) is 13.5. The van der Waals surface area contributed by atoms with E-state index in [1.807, 2.05) is 60.7 Å². The zero-order chi connectivity index (χ0) is 28.9. The molecule has 0 saturated heterocycles. The van der Waals surface area contributed by atoms with Crippen LogP contribution in [-0.4, -0.2) is 56.7 Å². The highest BCUT2D eigenvalue weighted by molar-refractivity contribution is 5.80. The van der Waals surface area contributed by atoms with Crippen LogP contribution in [0.1, 0.15) is 23.1 Å². The van der Waals surface area contributed by atoms with Crippen LogP contribution in [0.15, 0.2) is 110 Å². The maximum absolute atomic E-state index is 13.5. The molecule has 0 bridgehead atoms. The molecule has 212 valence electrons. The molecule has 7 N–H and O–H groups in total. The highest BCUT2D eigenvalue weighted by atomic mass is 16.3. The van der Waals surface area contributed by atoms with Crippen LogP contribution in [-0.2, 0) is 24.1 Å². The van der Waals surface area contributed by atoms with E-state index in [2.05, 4.69) is 11.9 Å². The van der Waals surface area contributed by atoms with Crippen molar-refractivity contribution in [1.29, 1.82) is 0 Å². The monoisotopic (exact) mass is 544 g/mol. The highest BCUT2D eigenvalue weighted by Gasteiger charge is 2.29. The minimum atomic E-state index is -1.14. The third-order valence-electron chi connectivity index (χ3n) is 6.94. The average molecular weight is 545 g/mol. The largest absolute Gasteiger partial charge is 0.508 e. The van der Waals surface area contributed by atoms with Crippen LogP contribution >= 0.6 is 0 Å². The summed E-state index contributed by atoms with van der Waals surface area (Å²) < 4.78 is 0. The van der Waals surface area contributed by atoms with E-state index in [4.69, 9.17) is 5.73 Å². The molecule has 3 rings (SSSR count). The Morgan fingerprint density at radius 3 is 1.93 bits per heavy atom. The number of benzene rings is 3. The molecule has 1 amide bonds. The molecule has 0 fully saturated rings. The van der Waals surface area contributed by atoms with Gasteiger partial charge in [0.15, 0.2) is 0 Å². The minimum Gasteiger partial charge on any atom is -0.508 e. The van der Waals surface area contributed by atoms with Gasteiger partial charge < -0.3 is 31.5 Å². The van der Waals surface area contributed by atoms with Crippen molar-refractivity contribution in [2.75, 3.05) is 0 Å². The second-order valence-electron chi connectivity index (χ2n) is 10.1. The lowest BCUT2D eigenvalue weighted by molar-refractivity contribution is -0.128. The van der Waals surface area contributed by atoms with Gasteiger partial charge in [-0.1, -0.05) is 91.0 Å². The number of aliphatic hydroxyl groups is 3. The number of hydrogen-bond donors (Lipinski definition) is 6. The average Bonchev–Trinajstić information content (AvgIpc) is 2.97. The molecule has 3 aromatic rings. The van der Waals surface area contributed by atoms with Crippen molar-refractivity contribution in [1.82, 2.24) is 5.32 Å². The van der Waals surface area contributed by atoms with Crippen LogP contribution in [0, 0.1) is 5.92 Å². The number of nitrogens with two attached hydrogens (primary N) is 1. The lowest BCUT2D eigenvalue weighted by atomic mass is 9.91. The predicted octanol–water partition coefficient (Wildman–Crippen LogP) is 3.06. The number of carbonyl (C=O) groups excluding carboxylic acids is 1. The van der Waals surface area contributed by atoms with Crippen LogP contribution in [0.2, 0.25) is 0 Å². The van der Waals surface area contributed by atoms with Crippen molar-refractivity contribution in [3.05, 3.63) is 126 Å². The Morgan fingerprint density at radius 2 is 1.35 bits per heavy atom. The molecule has 0 aromatic heterocycles. The van der Waals surface area contributed by atoms with E-state index in [9.17, 15) is 25.2 Å². The molecule has 0 spiro atoms. The van der Waals surface area contributed by atoms with E-state index < -0.39 is 42.2 Å². The minimum absolute atomic E-state index is 0.161. The fourth-order valence-corrected chi connectivity index (χ4v) is 4.52. The van der Waals surface area contributed by atoms with Gasteiger partial charge in [-0.3, -0.25) is 4.79 Å². The van der Waals surface area contributed by atoms with Gasteiger partial charge in [0.25, 0.3) is 0 Å². The number of phenolic OH excluding ortho intramolecular Hbond substituents is 1. The molecule has 0 radical (unpaired) electrons. The van der Waals surface area contributed by atoms with Gasteiger partial charge in [0.2, 0.25) is 5.91 Å². The number of carbonyl (C=O) groups is 1. The van der Waals surface area contributed by atoms with Gasteiger partial charge in [-0.25, -0.2) is 0 Å². The summed E-state index contributed by atoms with van der Waals surface area (Å²) in [7, 11) is 0.